The maximum Gasteiger partial charge on any atom is 0.410 e. The van der Waals surface area contributed by atoms with E-state index in [1.54, 1.807) is 31.2 Å². The van der Waals surface area contributed by atoms with Gasteiger partial charge in [-0.2, -0.15) is 0 Å². The van der Waals surface area contributed by atoms with E-state index < -0.39 is 11.0 Å². The third-order valence-corrected chi connectivity index (χ3v) is 5.97. The second-order valence-corrected chi connectivity index (χ2v) is 8.48. The maximum absolute atomic E-state index is 12.9. The van der Waals surface area contributed by atoms with Gasteiger partial charge in [-0.3, -0.25) is 14.9 Å². The number of non-ortho nitro benzene ring substituents is 1. The van der Waals surface area contributed by atoms with Crippen LogP contribution in [0.3, 0.4) is 0 Å². The van der Waals surface area contributed by atoms with Crippen LogP contribution >= 0.6 is 0 Å². The quantitative estimate of drug-likeness (QED) is 0.174. The number of nitro groups is 1. The monoisotopic (exact) mass is 520 g/mol. The van der Waals surface area contributed by atoms with Gasteiger partial charge in [0.2, 0.25) is 0 Å². The van der Waals surface area contributed by atoms with E-state index >= 15 is 0 Å². The van der Waals surface area contributed by atoms with E-state index in [0.29, 0.717) is 41.0 Å². The number of methoxy groups -OCH3 is 1. The maximum atomic E-state index is 12.9. The minimum Gasteiger partial charge on any atom is -0.496 e. The lowest BCUT2D eigenvalue weighted by Gasteiger charge is -2.22. The molecule has 0 fully saturated rings. The molecule has 0 spiro atoms. The summed E-state index contributed by atoms with van der Waals surface area (Å²) in [6.07, 6.45) is 0.141. The summed E-state index contributed by atoms with van der Waals surface area (Å²) in [5.41, 5.74) is 3.50. The third-order valence-electron chi connectivity index (χ3n) is 5.97. The summed E-state index contributed by atoms with van der Waals surface area (Å²) in [5, 5.41) is 11.6. The van der Waals surface area contributed by atoms with Crippen LogP contribution in [-0.4, -0.2) is 48.8 Å². The molecule has 1 amide bonds. The van der Waals surface area contributed by atoms with Crippen LogP contribution in [0.25, 0.3) is 11.1 Å². The first kappa shape index (κ1) is 28.2. The molecule has 0 radical (unpaired) electrons. The highest BCUT2D eigenvalue weighted by molar-refractivity contribution is 5.78. The summed E-state index contributed by atoms with van der Waals surface area (Å²) < 4.78 is 16.1. The van der Waals surface area contributed by atoms with Crippen molar-refractivity contribution in [1.82, 2.24) is 4.90 Å². The highest BCUT2D eigenvalue weighted by atomic mass is 16.6. The zero-order chi connectivity index (χ0) is 27.5. The first-order chi connectivity index (χ1) is 18.4. The van der Waals surface area contributed by atoms with Crippen LogP contribution in [0.4, 0.5) is 10.5 Å². The molecule has 0 aromatic heterocycles. The predicted molar refractivity (Wildman–Crippen MR) is 143 cm³/mol. The molecule has 200 valence electrons. The second-order valence-electron chi connectivity index (χ2n) is 8.48. The molecule has 0 unspecified atom stereocenters. The average molecular weight is 521 g/mol. The van der Waals surface area contributed by atoms with Crippen molar-refractivity contribution in [1.29, 1.82) is 0 Å². The first-order valence-electron chi connectivity index (χ1n) is 12.4. The Bertz CT molecular complexity index is 1260. The molecule has 3 aromatic rings. The van der Waals surface area contributed by atoms with E-state index in [9.17, 15) is 19.7 Å². The number of benzene rings is 3. The number of amides is 1. The van der Waals surface area contributed by atoms with Crippen LogP contribution in [0.5, 0.6) is 5.75 Å². The molecule has 0 saturated carbocycles. The minimum absolute atomic E-state index is 0.0714. The molecule has 0 saturated heterocycles. The standard InChI is InChI=1S/C29H32N2O7/c1-4-30(29(33)38-16-15-21-9-7-6-8-10-21)20-23-19-24(31(34)35)12-13-25(23)26-17-22(11-14-27(26)36-3)18-28(32)37-5-2/h6-14,17,19H,4-5,15-16,18,20H2,1-3H3. The lowest BCUT2D eigenvalue weighted by atomic mass is 9.95. The van der Waals surface area contributed by atoms with E-state index in [1.165, 1.54) is 24.1 Å². The molecule has 0 aliphatic heterocycles. The average Bonchev–Trinajstić information content (AvgIpc) is 2.92. The van der Waals surface area contributed by atoms with E-state index in [4.69, 9.17) is 14.2 Å². The van der Waals surface area contributed by atoms with Gasteiger partial charge in [-0.15, -0.1) is 0 Å². The van der Waals surface area contributed by atoms with Crippen molar-refractivity contribution in [2.75, 3.05) is 26.9 Å². The lowest BCUT2D eigenvalue weighted by Crippen LogP contribution is -2.31. The zero-order valence-electron chi connectivity index (χ0n) is 21.8. The second kappa shape index (κ2) is 13.8. The number of esters is 1. The van der Waals surface area contributed by atoms with Crippen LogP contribution in [0.15, 0.2) is 66.7 Å². The molecule has 3 rings (SSSR count). The number of nitro benzene ring substituents is 1. The SMILES string of the molecule is CCOC(=O)Cc1ccc(OC)c(-c2ccc([N+](=O)[O-])cc2CN(CC)C(=O)OCCc2ccccc2)c1. The van der Waals surface area contributed by atoms with E-state index in [0.717, 1.165) is 5.56 Å². The summed E-state index contributed by atoms with van der Waals surface area (Å²) in [6.45, 7) is 4.48. The number of hydrogen-bond acceptors (Lipinski definition) is 7. The van der Waals surface area contributed by atoms with Crippen LogP contribution in [-0.2, 0) is 33.7 Å². The number of hydrogen-bond donors (Lipinski definition) is 0. The van der Waals surface area contributed by atoms with Crippen molar-refractivity contribution in [2.45, 2.75) is 33.2 Å². The fourth-order valence-corrected chi connectivity index (χ4v) is 4.04. The van der Waals surface area contributed by atoms with E-state index in [-0.39, 0.29) is 37.8 Å². The number of nitrogens with zero attached hydrogens (tertiary/aromatic N) is 2. The van der Waals surface area contributed by atoms with Gasteiger partial charge in [0, 0.05) is 37.2 Å². The largest absolute Gasteiger partial charge is 0.496 e. The molecule has 9 heteroatoms. The number of carbonyl (C=O) groups is 2. The molecular weight excluding hydrogens is 488 g/mol. The molecule has 9 nitrogen and oxygen atoms in total. The van der Waals surface area contributed by atoms with Crippen molar-refractivity contribution in [3.8, 4) is 16.9 Å². The van der Waals surface area contributed by atoms with Gasteiger partial charge in [-0.1, -0.05) is 36.4 Å². The molecular formula is C29H32N2O7. The van der Waals surface area contributed by atoms with Gasteiger partial charge in [0.15, 0.2) is 0 Å². The summed E-state index contributed by atoms with van der Waals surface area (Å²) in [6, 6.07) is 19.5. The summed E-state index contributed by atoms with van der Waals surface area (Å²) in [5.74, 6) is 0.171. The first-order valence-corrected chi connectivity index (χ1v) is 12.4. The van der Waals surface area contributed by atoms with Gasteiger partial charge in [-0.05, 0) is 54.3 Å². The van der Waals surface area contributed by atoms with Crippen LogP contribution < -0.4 is 4.74 Å². The van der Waals surface area contributed by atoms with Gasteiger partial charge in [0.1, 0.15) is 5.75 Å². The van der Waals surface area contributed by atoms with E-state index in [1.807, 2.05) is 37.3 Å². The Morgan fingerprint density at radius 3 is 2.34 bits per heavy atom. The number of ether oxygens (including phenoxy) is 3. The van der Waals surface area contributed by atoms with Crippen molar-refractivity contribution in [3.05, 3.63) is 93.5 Å². The van der Waals surface area contributed by atoms with Gasteiger partial charge >= 0.3 is 12.1 Å². The fourth-order valence-electron chi connectivity index (χ4n) is 4.04. The van der Waals surface area contributed by atoms with Crippen LogP contribution in [0, 0.1) is 10.1 Å². The Hall–Kier alpha value is -4.40. The normalized spacial score (nSPS) is 10.5. The Kier molecular flexibility index (Phi) is 10.2. The molecule has 38 heavy (non-hydrogen) atoms. The fraction of sp³-hybridized carbons (Fsp3) is 0.310. The Labute approximate surface area is 222 Å². The molecule has 0 N–H and O–H groups in total. The predicted octanol–water partition coefficient (Wildman–Crippen LogP) is 5.58. The number of carbonyl (C=O) groups excluding carboxylic acids is 2. The Morgan fingerprint density at radius 2 is 1.68 bits per heavy atom. The Morgan fingerprint density at radius 1 is 0.921 bits per heavy atom. The summed E-state index contributed by atoms with van der Waals surface area (Å²) in [4.78, 5) is 37.5. The summed E-state index contributed by atoms with van der Waals surface area (Å²) >= 11 is 0. The lowest BCUT2D eigenvalue weighted by molar-refractivity contribution is -0.384. The molecule has 0 heterocycles. The topological polar surface area (TPSA) is 108 Å². The van der Waals surface area contributed by atoms with Gasteiger partial charge in [-0.25, -0.2) is 4.79 Å². The highest BCUT2D eigenvalue weighted by Crippen LogP contribution is 2.36. The molecule has 0 atom stereocenters. The van der Waals surface area contributed by atoms with Crippen LogP contribution in [0.1, 0.15) is 30.5 Å². The van der Waals surface area contributed by atoms with Crippen LogP contribution in [0.2, 0.25) is 0 Å². The number of rotatable bonds is 12. The zero-order valence-corrected chi connectivity index (χ0v) is 21.8. The van der Waals surface area contributed by atoms with Crippen molar-refractivity contribution < 1.29 is 28.7 Å². The van der Waals surface area contributed by atoms with Crippen molar-refractivity contribution >= 4 is 17.7 Å². The van der Waals surface area contributed by atoms with Gasteiger partial charge in [0.05, 0.1) is 31.7 Å². The van der Waals surface area contributed by atoms with Gasteiger partial charge in [0.25, 0.3) is 5.69 Å². The molecule has 0 aliphatic rings. The van der Waals surface area contributed by atoms with Gasteiger partial charge < -0.3 is 19.1 Å². The summed E-state index contributed by atoms with van der Waals surface area (Å²) in [7, 11) is 1.53. The van der Waals surface area contributed by atoms with Crippen molar-refractivity contribution in [2.24, 2.45) is 0 Å². The molecule has 0 aliphatic carbocycles. The highest BCUT2D eigenvalue weighted by Gasteiger charge is 2.21. The molecule has 3 aromatic carbocycles. The third kappa shape index (κ3) is 7.55. The molecule has 0 bridgehead atoms. The Balaban J connectivity index is 1.89. The smallest absolute Gasteiger partial charge is 0.410 e. The van der Waals surface area contributed by atoms with Crippen molar-refractivity contribution in [3.63, 3.8) is 0 Å². The minimum atomic E-state index is -0.510. The van der Waals surface area contributed by atoms with E-state index in [2.05, 4.69) is 0 Å².